The summed E-state index contributed by atoms with van der Waals surface area (Å²) in [5, 5.41) is 2.72. The minimum absolute atomic E-state index is 0.120. The average molecular weight is 404 g/mol. The molecule has 1 amide bonds. The van der Waals surface area contributed by atoms with Crippen LogP contribution >= 0.6 is 0 Å². The molecule has 0 bridgehead atoms. The lowest BCUT2D eigenvalue weighted by atomic mass is 10.2. The minimum Gasteiger partial charge on any atom is -0.478 e. The molecule has 3 rings (SSSR count). The van der Waals surface area contributed by atoms with Crippen molar-refractivity contribution >= 4 is 33.3 Å². The summed E-state index contributed by atoms with van der Waals surface area (Å²) in [5.74, 6) is -0.551. The molecule has 0 radical (unpaired) electrons. The second-order valence-corrected chi connectivity index (χ2v) is 8.16. The van der Waals surface area contributed by atoms with Gasteiger partial charge in [0.15, 0.2) is 6.10 Å². The molecule has 0 unspecified atom stereocenters. The molecule has 8 nitrogen and oxygen atoms in total. The zero-order chi connectivity index (χ0) is 20.3. The summed E-state index contributed by atoms with van der Waals surface area (Å²) in [4.78, 5) is 24.1. The monoisotopic (exact) mass is 404 g/mol. The maximum absolute atomic E-state index is 12.7. The number of fused-ring (bicyclic) bond motifs is 1. The molecule has 0 spiro atoms. The first-order valence-electron chi connectivity index (χ1n) is 8.52. The van der Waals surface area contributed by atoms with E-state index in [-0.39, 0.29) is 13.0 Å². The Morgan fingerprint density at radius 1 is 1.14 bits per heavy atom. The van der Waals surface area contributed by atoms with Crippen LogP contribution in [0, 0.1) is 0 Å². The number of para-hydroxylation sites is 2. The molecule has 2 aromatic carbocycles. The summed E-state index contributed by atoms with van der Waals surface area (Å²) in [6, 6.07) is 12.9. The van der Waals surface area contributed by atoms with E-state index in [4.69, 9.17) is 4.74 Å². The largest absolute Gasteiger partial charge is 0.478 e. The molecule has 1 atom stereocenters. The standard InChI is InChI=1S/C19H20N2O6S/c1-26-19(23)13-7-9-14(10-8-13)20-18(22)17-11-12-21(28(2,24)25)15-5-3-4-6-16(15)27-17/h3-10,17H,11-12H2,1-2H3,(H,20,22)/t17-/m1/s1. The van der Waals surface area contributed by atoms with Gasteiger partial charge in [0.25, 0.3) is 5.91 Å². The van der Waals surface area contributed by atoms with Gasteiger partial charge >= 0.3 is 5.97 Å². The minimum atomic E-state index is -3.51. The summed E-state index contributed by atoms with van der Waals surface area (Å²) < 4.78 is 35.9. The SMILES string of the molecule is COC(=O)c1ccc(NC(=O)[C@H]2CCN(S(C)(=O)=O)c3ccccc3O2)cc1. The van der Waals surface area contributed by atoms with E-state index in [1.165, 1.54) is 23.5 Å². The number of hydrogen-bond donors (Lipinski definition) is 1. The fourth-order valence-corrected chi connectivity index (χ4v) is 3.83. The van der Waals surface area contributed by atoms with E-state index in [0.29, 0.717) is 22.7 Å². The van der Waals surface area contributed by atoms with E-state index in [2.05, 4.69) is 10.1 Å². The molecule has 0 saturated heterocycles. The highest BCUT2D eigenvalue weighted by Crippen LogP contribution is 2.34. The van der Waals surface area contributed by atoms with Crippen molar-refractivity contribution in [2.24, 2.45) is 0 Å². The van der Waals surface area contributed by atoms with Crippen LogP contribution in [0.5, 0.6) is 5.75 Å². The van der Waals surface area contributed by atoms with Crippen molar-refractivity contribution in [2.45, 2.75) is 12.5 Å². The third-order valence-electron chi connectivity index (χ3n) is 4.26. The van der Waals surface area contributed by atoms with Crippen LogP contribution in [0.25, 0.3) is 0 Å². The molecular weight excluding hydrogens is 384 g/mol. The third kappa shape index (κ3) is 4.25. The van der Waals surface area contributed by atoms with Crippen LogP contribution in [0.4, 0.5) is 11.4 Å². The van der Waals surface area contributed by atoms with E-state index in [1.807, 2.05) is 0 Å². The number of carbonyl (C=O) groups excluding carboxylic acids is 2. The third-order valence-corrected chi connectivity index (χ3v) is 5.44. The van der Waals surface area contributed by atoms with Gasteiger partial charge in [-0.15, -0.1) is 0 Å². The molecule has 148 valence electrons. The molecule has 1 N–H and O–H groups in total. The van der Waals surface area contributed by atoms with Crippen LogP contribution in [0.3, 0.4) is 0 Å². The lowest BCUT2D eigenvalue weighted by Gasteiger charge is -2.20. The van der Waals surface area contributed by atoms with Crippen molar-refractivity contribution in [3.05, 3.63) is 54.1 Å². The van der Waals surface area contributed by atoms with E-state index in [9.17, 15) is 18.0 Å². The second kappa shape index (κ2) is 7.89. The zero-order valence-electron chi connectivity index (χ0n) is 15.4. The molecular formula is C19H20N2O6S. The van der Waals surface area contributed by atoms with Crippen LogP contribution in [0.15, 0.2) is 48.5 Å². The van der Waals surface area contributed by atoms with E-state index in [0.717, 1.165) is 6.26 Å². The Balaban J connectivity index is 1.77. The van der Waals surface area contributed by atoms with Crippen LogP contribution in [-0.4, -0.2) is 46.3 Å². The molecule has 0 aromatic heterocycles. The first-order valence-corrected chi connectivity index (χ1v) is 10.4. The Morgan fingerprint density at radius 2 is 1.82 bits per heavy atom. The van der Waals surface area contributed by atoms with Crippen molar-refractivity contribution in [1.82, 2.24) is 0 Å². The molecule has 0 aliphatic carbocycles. The van der Waals surface area contributed by atoms with Gasteiger partial charge in [-0.3, -0.25) is 9.10 Å². The molecule has 1 aliphatic rings. The van der Waals surface area contributed by atoms with Crippen molar-refractivity contribution in [2.75, 3.05) is 29.5 Å². The normalized spacial score (nSPS) is 16.4. The number of anilines is 2. The number of hydrogen-bond acceptors (Lipinski definition) is 6. The lowest BCUT2D eigenvalue weighted by Crippen LogP contribution is -2.35. The van der Waals surface area contributed by atoms with Gasteiger partial charge in [0, 0.05) is 18.7 Å². The van der Waals surface area contributed by atoms with Crippen molar-refractivity contribution < 1.29 is 27.5 Å². The summed E-state index contributed by atoms with van der Waals surface area (Å²) in [6.45, 7) is 0.120. The maximum atomic E-state index is 12.7. The first-order chi connectivity index (χ1) is 13.3. The van der Waals surface area contributed by atoms with E-state index >= 15 is 0 Å². The number of sulfonamides is 1. The smallest absolute Gasteiger partial charge is 0.337 e. The summed E-state index contributed by atoms with van der Waals surface area (Å²) in [5.41, 5.74) is 1.26. The fourth-order valence-electron chi connectivity index (χ4n) is 2.89. The number of carbonyl (C=O) groups is 2. The summed E-state index contributed by atoms with van der Waals surface area (Å²) in [7, 11) is -2.22. The number of nitrogens with one attached hydrogen (secondary N) is 1. The number of nitrogens with zero attached hydrogens (tertiary/aromatic N) is 1. The van der Waals surface area contributed by atoms with Crippen molar-refractivity contribution in [3.8, 4) is 5.75 Å². The maximum Gasteiger partial charge on any atom is 0.337 e. The molecule has 28 heavy (non-hydrogen) atoms. The fraction of sp³-hybridized carbons (Fsp3) is 0.263. The Morgan fingerprint density at radius 3 is 2.46 bits per heavy atom. The van der Waals surface area contributed by atoms with Crippen LogP contribution in [0.1, 0.15) is 16.8 Å². The number of ether oxygens (including phenoxy) is 2. The highest BCUT2D eigenvalue weighted by molar-refractivity contribution is 7.92. The van der Waals surface area contributed by atoms with Crippen LogP contribution < -0.4 is 14.4 Å². The molecule has 1 aliphatic heterocycles. The molecule has 1 heterocycles. The Labute approximate surface area is 163 Å². The second-order valence-electron chi connectivity index (χ2n) is 6.26. The Bertz CT molecular complexity index is 988. The van der Waals surface area contributed by atoms with Gasteiger partial charge < -0.3 is 14.8 Å². The Kier molecular flexibility index (Phi) is 5.55. The number of amides is 1. The van der Waals surface area contributed by atoms with Crippen molar-refractivity contribution in [3.63, 3.8) is 0 Å². The highest BCUT2D eigenvalue weighted by atomic mass is 32.2. The predicted molar refractivity (Wildman–Crippen MR) is 104 cm³/mol. The first kappa shape index (κ1) is 19.7. The topological polar surface area (TPSA) is 102 Å². The summed E-state index contributed by atoms with van der Waals surface area (Å²) >= 11 is 0. The van der Waals surface area contributed by atoms with Crippen LogP contribution in [0.2, 0.25) is 0 Å². The zero-order valence-corrected chi connectivity index (χ0v) is 16.2. The predicted octanol–water partition coefficient (Wildman–Crippen LogP) is 2.03. The Hall–Kier alpha value is -3.07. The van der Waals surface area contributed by atoms with Gasteiger partial charge in [-0.2, -0.15) is 0 Å². The van der Waals surface area contributed by atoms with Gasteiger partial charge in [-0.1, -0.05) is 12.1 Å². The molecule has 9 heteroatoms. The number of rotatable bonds is 4. The average Bonchev–Trinajstić information content (AvgIpc) is 2.87. The number of benzene rings is 2. The van der Waals surface area contributed by atoms with Gasteiger partial charge in [0.2, 0.25) is 10.0 Å². The number of methoxy groups -OCH3 is 1. The lowest BCUT2D eigenvalue weighted by molar-refractivity contribution is -0.122. The van der Waals surface area contributed by atoms with Crippen LogP contribution in [-0.2, 0) is 19.6 Å². The molecule has 0 fully saturated rings. The van der Waals surface area contributed by atoms with Gasteiger partial charge in [0.05, 0.1) is 24.6 Å². The van der Waals surface area contributed by atoms with Crippen molar-refractivity contribution in [1.29, 1.82) is 0 Å². The molecule has 0 saturated carbocycles. The van der Waals surface area contributed by atoms with E-state index < -0.39 is 28.0 Å². The van der Waals surface area contributed by atoms with E-state index in [1.54, 1.807) is 36.4 Å². The van der Waals surface area contributed by atoms with Gasteiger partial charge in [0.1, 0.15) is 5.75 Å². The quantitative estimate of drug-likeness (QED) is 0.783. The van der Waals surface area contributed by atoms with Gasteiger partial charge in [-0.05, 0) is 36.4 Å². The summed E-state index contributed by atoms with van der Waals surface area (Å²) in [6.07, 6.45) is 0.439. The number of esters is 1. The molecule has 2 aromatic rings. The highest BCUT2D eigenvalue weighted by Gasteiger charge is 2.31. The van der Waals surface area contributed by atoms with Gasteiger partial charge in [-0.25, -0.2) is 13.2 Å².